The summed E-state index contributed by atoms with van der Waals surface area (Å²) in [6.07, 6.45) is 0.960. The Morgan fingerprint density at radius 3 is 1.62 bits per heavy atom. The van der Waals surface area contributed by atoms with Crippen LogP contribution in [0.4, 0.5) is 0 Å². The first-order valence-electron chi connectivity index (χ1n) is 8.25. The van der Waals surface area contributed by atoms with Crippen molar-refractivity contribution in [1.29, 1.82) is 0 Å². The van der Waals surface area contributed by atoms with Gasteiger partial charge in [-0.3, -0.25) is 0 Å². The normalized spacial score (nSPS) is 9.92. The van der Waals surface area contributed by atoms with Crippen molar-refractivity contribution >= 4 is 23.8 Å². The molecule has 0 heterocycles. The number of hydrogen-bond donors (Lipinski definition) is 0. The molecule has 0 fully saturated rings. The Labute approximate surface area is 159 Å². The summed E-state index contributed by atoms with van der Waals surface area (Å²) in [7, 11) is 5.37. The van der Waals surface area contributed by atoms with Crippen molar-refractivity contribution in [2.24, 2.45) is 0 Å². The smallest absolute Gasteiger partial charge is 0.230 e. The zero-order valence-electron chi connectivity index (χ0n) is 14.3. The second-order valence-electron chi connectivity index (χ2n) is 5.65. The summed E-state index contributed by atoms with van der Waals surface area (Å²) in [6, 6.07) is 23.8. The van der Waals surface area contributed by atoms with Crippen LogP contribution in [-0.2, 0) is 6.16 Å². The molecule has 0 aliphatic rings. The molecule has 2 nitrogen and oxygen atoms in total. The summed E-state index contributed by atoms with van der Waals surface area (Å²) in [6.45, 7) is 0.170. The number of hydrogen-bond acceptors (Lipinski definition) is 2. The van der Waals surface area contributed by atoms with Crippen LogP contribution in [0.1, 0.15) is 16.7 Å². The Hall–Kier alpha value is -2.32. The van der Waals surface area contributed by atoms with Crippen molar-refractivity contribution in [3.8, 4) is 23.3 Å². The van der Waals surface area contributed by atoms with Crippen LogP contribution in [0.2, 0.25) is 0 Å². The van der Waals surface area contributed by atoms with Gasteiger partial charge in [0.05, 0.1) is 0 Å². The minimum atomic E-state index is 0.170. The third-order valence-electron chi connectivity index (χ3n) is 3.73. The topological polar surface area (TPSA) is 18.5 Å². The van der Waals surface area contributed by atoms with Crippen molar-refractivity contribution in [3.05, 3.63) is 89.5 Å². The van der Waals surface area contributed by atoms with E-state index in [0.717, 1.165) is 34.1 Å². The maximum atomic E-state index is 5.61. The van der Waals surface area contributed by atoms with E-state index in [9.17, 15) is 0 Å². The van der Waals surface area contributed by atoms with Gasteiger partial charge >= 0.3 is 0 Å². The summed E-state index contributed by atoms with van der Waals surface area (Å²) < 4.78 is 11.2. The minimum Gasteiger partial charge on any atom is -0.458 e. The van der Waals surface area contributed by atoms with Crippen molar-refractivity contribution in [3.63, 3.8) is 0 Å². The molecule has 2 atom stereocenters. The van der Waals surface area contributed by atoms with Crippen LogP contribution < -0.4 is 14.8 Å². The molecular formula is C22H20O2P2. The lowest BCUT2D eigenvalue weighted by Crippen LogP contribution is -2.05. The average molecular weight is 378 g/mol. The molecule has 3 aromatic carbocycles. The van der Waals surface area contributed by atoms with Gasteiger partial charge in [-0.2, -0.15) is 0 Å². The summed E-state index contributed by atoms with van der Waals surface area (Å²) in [5.74, 6) is 7.88. The summed E-state index contributed by atoms with van der Waals surface area (Å²) >= 11 is 0. The number of ether oxygens (including phenoxy) is 2. The van der Waals surface area contributed by atoms with Gasteiger partial charge in [-0.15, -0.1) is 18.5 Å². The van der Waals surface area contributed by atoms with E-state index in [1.165, 1.54) is 5.56 Å². The summed E-state index contributed by atoms with van der Waals surface area (Å²) in [5, 5.41) is 1.12. The third kappa shape index (κ3) is 5.60. The lowest BCUT2D eigenvalue weighted by Gasteiger charge is -2.08. The van der Waals surface area contributed by atoms with E-state index >= 15 is 0 Å². The fourth-order valence-corrected chi connectivity index (χ4v) is 2.70. The van der Waals surface area contributed by atoms with Crippen LogP contribution in [0.15, 0.2) is 72.8 Å². The minimum absolute atomic E-state index is 0.170. The van der Waals surface area contributed by atoms with Crippen LogP contribution in [0.5, 0.6) is 11.5 Å². The second kappa shape index (κ2) is 9.40. The SMILES string of the molecule is PCc1ccc(C#Cc2ccc(OCOc3ccc(P)cc3)cc2)cc1. The molecular weight excluding hydrogens is 358 g/mol. The van der Waals surface area contributed by atoms with Gasteiger partial charge in [-0.05, 0) is 65.6 Å². The largest absolute Gasteiger partial charge is 0.458 e. The first-order chi connectivity index (χ1) is 12.7. The van der Waals surface area contributed by atoms with Crippen molar-refractivity contribution in [1.82, 2.24) is 0 Å². The third-order valence-corrected chi connectivity index (χ3v) is 4.58. The van der Waals surface area contributed by atoms with Crippen LogP contribution in [0.3, 0.4) is 0 Å². The highest BCUT2D eigenvalue weighted by Crippen LogP contribution is 2.14. The van der Waals surface area contributed by atoms with Crippen molar-refractivity contribution in [2.75, 3.05) is 6.79 Å². The molecule has 0 aromatic heterocycles. The molecule has 4 heteroatoms. The van der Waals surface area contributed by atoms with E-state index in [2.05, 4.69) is 42.5 Å². The van der Waals surface area contributed by atoms with Crippen LogP contribution in [0, 0.1) is 11.8 Å². The predicted octanol–water partition coefficient (Wildman–Crippen LogP) is 4.38. The molecule has 0 aliphatic carbocycles. The fourth-order valence-electron chi connectivity index (χ4n) is 2.23. The van der Waals surface area contributed by atoms with Gasteiger partial charge in [0.15, 0.2) is 0 Å². The highest BCUT2D eigenvalue weighted by atomic mass is 31.0. The van der Waals surface area contributed by atoms with Gasteiger partial charge in [-0.25, -0.2) is 0 Å². The zero-order chi connectivity index (χ0) is 18.2. The second-order valence-corrected chi connectivity index (χ2v) is 6.73. The molecule has 0 saturated carbocycles. The maximum Gasteiger partial charge on any atom is 0.230 e. The van der Waals surface area contributed by atoms with E-state index in [-0.39, 0.29) is 6.79 Å². The number of rotatable bonds is 5. The van der Waals surface area contributed by atoms with Gasteiger partial charge in [0.25, 0.3) is 0 Å². The van der Waals surface area contributed by atoms with E-state index in [1.54, 1.807) is 0 Å². The molecule has 0 aliphatic heterocycles. The van der Waals surface area contributed by atoms with E-state index in [1.807, 2.05) is 60.7 Å². The molecule has 130 valence electrons. The molecule has 26 heavy (non-hydrogen) atoms. The fraction of sp³-hybridized carbons (Fsp3) is 0.0909. The highest BCUT2D eigenvalue weighted by molar-refractivity contribution is 7.27. The van der Waals surface area contributed by atoms with Crippen molar-refractivity contribution in [2.45, 2.75) is 6.16 Å². The molecule has 2 unspecified atom stereocenters. The molecule has 0 bridgehead atoms. The molecule has 0 amide bonds. The monoisotopic (exact) mass is 378 g/mol. The first-order valence-corrected chi connectivity index (χ1v) is 9.64. The highest BCUT2D eigenvalue weighted by Gasteiger charge is 1.96. The molecule has 0 radical (unpaired) electrons. The summed E-state index contributed by atoms with van der Waals surface area (Å²) in [5.41, 5.74) is 3.25. The molecule has 0 N–H and O–H groups in total. The van der Waals surface area contributed by atoms with Crippen LogP contribution in [0.25, 0.3) is 0 Å². The van der Waals surface area contributed by atoms with Crippen molar-refractivity contribution < 1.29 is 9.47 Å². The van der Waals surface area contributed by atoms with Crippen LogP contribution >= 0.6 is 18.5 Å². The van der Waals surface area contributed by atoms with Gasteiger partial charge in [0.1, 0.15) is 11.5 Å². The Bertz CT molecular complexity index is 890. The van der Waals surface area contributed by atoms with Crippen LogP contribution in [-0.4, -0.2) is 6.79 Å². The standard InChI is InChI=1S/C22H20O2P2/c25-15-19-5-3-17(4-6-19)1-2-18-7-9-20(10-8-18)23-16-24-21-11-13-22(26)14-12-21/h3-14H,15-16,25-26H2. The Morgan fingerprint density at radius 2 is 1.12 bits per heavy atom. The molecule has 0 saturated heterocycles. The molecule has 3 aromatic rings. The average Bonchev–Trinajstić information content (AvgIpc) is 2.69. The van der Waals surface area contributed by atoms with E-state index < -0.39 is 0 Å². The van der Waals surface area contributed by atoms with E-state index in [4.69, 9.17) is 9.47 Å². The lowest BCUT2D eigenvalue weighted by atomic mass is 10.1. The Balaban J connectivity index is 1.53. The zero-order valence-corrected chi connectivity index (χ0v) is 16.6. The predicted molar refractivity (Wildman–Crippen MR) is 114 cm³/mol. The van der Waals surface area contributed by atoms with Gasteiger partial charge < -0.3 is 9.47 Å². The lowest BCUT2D eigenvalue weighted by molar-refractivity contribution is 0.120. The van der Waals surface area contributed by atoms with E-state index in [0.29, 0.717) is 0 Å². The van der Waals surface area contributed by atoms with Gasteiger partial charge in [-0.1, -0.05) is 36.1 Å². The Morgan fingerprint density at radius 1 is 0.654 bits per heavy atom. The van der Waals surface area contributed by atoms with Gasteiger partial charge in [0, 0.05) is 11.1 Å². The number of benzene rings is 3. The Kier molecular flexibility index (Phi) is 6.68. The van der Waals surface area contributed by atoms with Gasteiger partial charge in [0.2, 0.25) is 6.79 Å². The molecule has 0 spiro atoms. The maximum absolute atomic E-state index is 5.61. The summed E-state index contributed by atoms with van der Waals surface area (Å²) in [4.78, 5) is 0. The molecule has 3 rings (SSSR count). The first kappa shape index (κ1) is 18.5. The quantitative estimate of drug-likeness (QED) is 0.373.